The average Bonchev–Trinajstić information content (AvgIpc) is 2.94. The molecule has 1 heterocycles. The molecular formula is C12H18N4O2. The van der Waals surface area contributed by atoms with Crippen molar-refractivity contribution in [1.29, 1.82) is 0 Å². The molecular weight excluding hydrogens is 232 g/mol. The molecule has 0 saturated heterocycles. The van der Waals surface area contributed by atoms with Crippen LogP contribution in [0.15, 0.2) is 9.59 Å². The van der Waals surface area contributed by atoms with E-state index in [4.69, 9.17) is 0 Å². The summed E-state index contributed by atoms with van der Waals surface area (Å²) < 4.78 is 0. The Morgan fingerprint density at radius 3 is 2.78 bits per heavy atom. The Hall–Kier alpha value is -1.59. The Morgan fingerprint density at radius 1 is 1.33 bits per heavy atom. The van der Waals surface area contributed by atoms with E-state index in [2.05, 4.69) is 27.4 Å². The predicted octanol–water partition coefficient (Wildman–Crippen LogP) is 0.695. The molecule has 2 aliphatic carbocycles. The van der Waals surface area contributed by atoms with E-state index in [-0.39, 0.29) is 11.9 Å². The lowest BCUT2D eigenvalue weighted by atomic mass is 9.84. The first-order valence-corrected chi connectivity index (χ1v) is 6.59. The summed E-state index contributed by atoms with van der Waals surface area (Å²) in [5.41, 5.74) is -1.02. The average molecular weight is 250 g/mol. The Kier molecular flexibility index (Phi) is 2.72. The van der Waals surface area contributed by atoms with Gasteiger partial charge in [0.2, 0.25) is 5.82 Å². The van der Waals surface area contributed by atoms with Gasteiger partial charge in [-0.05, 0) is 43.9 Å². The number of H-pyrrole nitrogens is 2. The molecule has 2 saturated carbocycles. The van der Waals surface area contributed by atoms with E-state index in [0.717, 1.165) is 11.8 Å². The highest BCUT2D eigenvalue weighted by Gasteiger charge is 2.41. The molecule has 6 nitrogen and oxygen atoms in total. The summed E-state index contributed by atoms with van der Waals surface area (Å²) in [6, 6.07) is 0.222. The fraction of sp³-hybridized carbons (Fsp3) is 0.750. The number of anilines is 1. The molecule has 1 aromatic rings. The molecule has 98 valence electrons. The van der Waals surface area contributed by atoms with Gasteiger partial charge < -0.3 is 5.32 Å². The zero-order valence-electron chi connectivity index (χ0n) is 10.4. The minimum Gasteiger partial charge on any atom is -0.361 e. The van der Waals surface area contributed by atoms with Gasteiger partial charge in [0.25, 0.3) is 5.56 Å². The van der Waals surface area contributed by atoms with E-state index in [0.29, 0.717) is 5.92 Å². The van der Waals surface area contributed by atoms with Crippen LogP contribution in [0, 0.1) is 17.8 Å². The summed E-state index contributed by atoms with van der Waals surface area (Å²) in [4.78, 5) is 24.6. The molecule has 2 aliphatic rings. The van der Waals surface area contributed by atoms with Crippen molar-refractivity contribution in [3.05, 3.63) is 20.8 Å². The number of rotatable bonds is 3. The van der Waals surface area contributed by atoms with Gasteiger partial charge >= 0.3 is 5.69 Å². The number of hydrogen-bond donors (Lipinski definition) is 3. The molecule has 0 amide bonds. The van der Waals surface area contributed by atoms with Crippen molar-refractivity contribution in [2.45, 2.75) is 38.6 Å². The van der Waals surface area contributed by atoms with Crippen molar-refractivity contribution in [2.75, 3.05) is 5.32 Å². The van der Waals surface area contributed by atoms with Gasteiger partial charge in [-0.1, -0.05) is 6.42 Å². The lowest BCUT2D eigenvalue weighted by Crippen LogP contribution is -2.35. The van der Waals surface area contributed by atoms with Crippen molar-refractivity contribution >= 4 is 5.82 Å². The van der Waals surface area contributed by atoms with Crippen LogP contribution in [0.25, 0.3) is 0 Å². The number of fused-ring (bicyclic) bond motifs is 2. The number of hydrogen-bond acceptors (Lipinski definition) is 4. The molecule has 3 N–H and O–H groups in total. The summed E-state index contributed by atoms with van der Waals surface area (Å²) in [6.45, 7) is 2.09. The molecule has 4 unspecified atom stereocenters. The summed E-state index contributed by atoms with van der Waals surface area (Å²) in [6.07, 6.45) is 5.27. The summed E-state index contributed by atoms with van der Waals surface area (Å²) in [5.74, 6) is 2.51. The predicted molar refractivity (Wildman–Crippen MR) is 67.5 cm³/mol. The van der Waals surface area contributed by atoms with E-state index in [9.17, 15) is 9.59 Å². The first kappa shape index (κ1) is 11.5. The van der Waals surface area contributed by atoms with E-state index < -0.39 is 11.2 Å². The molecule has 0 radical (unpaired) electrons. The molecule has 4 atom stereocenters. The molecule has 0 aromatic carbocycles. The summed E-state index contributed by atoms with van der Waals surface area (Å²) in [7, 11) is 0. The Labute approximate surface area is 104 Å². The highest BCUT2D eigenvalue weighted by Crippen LogP contribution is 2.49. The van der Waals surface area contributed by atoms with E-state index in [1.54, 1.807) is 0 Å². The van der Waals surface area contributed by atoms with Crippen LogP contribution < -0.4 is 16.6 Å². The number of aromatic nitrogens is 3. The van der Waals surface area contributed by atoms with Crippen molar-refractivity contribution in [2.24, 2.45) is 17.8 Å². The minimum atomic E-state index is -0.571. The van der Waals surface area contributed by atoms with Gasteiger partial charge in [-0.2, -0.15) is 0 Å². The SMILES string of the molecule is CC(Nc1n[nH]c(=O)[nH]c1=O)C1CC2CCC1C2. The van der Waals surface area contributed by atoms with Gasteiger partial charge in [-0.3, -0.25) is 9.78 Å². The molecule has 0 aliphatic heterocycles. The first-order chi connectivity index (χ1) is 8.63. The van der Waals surface area contributed by atoms with Crippen LogP contribution in [0.2, 0.25) is 0 Å². The third-order valence-electron chi connectivity index (χ3n) is 4.51. The van der Waals surface area contributed by atoms with Crippen LogP contribution in [0.4, 0.5) is 5.82 Å². The highest BCUT2D eigenvalue weighted by molar-refractivity contribution is 5.30. The lowest BCUT2D eigenvalue weighted by Gasteiger charge is -2.28. The molecule has 1 aromatic heterocycles. The van der Waals surface area contributed by atoms with Gasteiger partial charge in [0.05, 0.1) is 0 Å². The smallest absolute Gasteiger partial charge is 0.342 e. The summed E-state index contributed by atoms with van der Waals surface area (Å²) in [5, 5.41) is 9.15. The molecule has 3 rings (SSSR count). The van der Waals surface area contributed by atoms with E-state index >= 15 is 0 Å². The largest absolute Gasteiger partial charge is 0.361 e. The van der Waals surface area contributed by atoms with Crippen molar-refractivity contribution in [3.63, 3.8) is 0 Å². The monoisotopic (exact) mass is 250 g/mol. The number of aromatic amines is 2. The molecule has 0 spiro atoms. The fourth-order valence-electron chi connectivity index (χ4n) is 3.67. The number of nitrogens with zero attached hydrogens (tertiary/aromatic N) is 1. The van der Waals surface area contributed by atoms with Gasteiger partial charge in [0.1, 0.15) is 0 Å². The fourth-order valence-corrected chi connectivity index (χ4v) is 3.67. The second-order valence-corrected chi connectivity index (χ2v) is 5.63. The van der Waals surface area contributed by atoms with Crippen LogP contribution >= 0.6 is 0 Å². The standard InChI is InChI=1S/C12H18N4O2/c1-6(9-5-7-2-3-8(9)4-7)13-10-11(17)14-12(18)16-15-10/h6-9H,2-5H2,1H3,(H,13,15)(H2,14,16,17,18). The van der Waals surface area contributed by atoms with Crippen LogP contribution in [-0.4, -0.2) is 21.2 Å². The quantitative estimate of drug-likeness (QED) is 0.736. The van der Waals surface area contributed by atoms with Gasteiger partial charge in [0, 0.05) is 6.04 Å². The molecule has 2 bridgehead atoms. The minimum absolute atomic E-state index is 0.213. The molecule has 6 heteroatoms. The van der Waals surface area contributed by atoms with Crippen molar-refractivity contribution < 1.29 is 0 Å². The second-order valence-electron chi connectivity index (χ2n) is 5.63. The third kappa shape index (κ3) is 1.95. The van der Waals surface area contributed by atoms with Gasteiger partial charge in [0.15, 0.2) is 0 Å². The zero-order valence-corrected chi connectivity index (χ0v) is 10.4. The normalized spacial score (nSPS) is 31.5. The maximum absolute atomic E-state index is 11.5. The van der Waals surface area contributed by atoms with Crippen molar-refractivity contribution in [3.8, 4) is 0 Å². The zero-order chi connectivity index (χ0) is 12.7. The third-order valence-corrected chi connectivity index (χ3v) is 4.51. The Bertz CT molecular complexity index is 549. The molecule has 18 heavy (non-hydrogen) atoms. The maximum Gasteiger partial charge on any atom is 0.342 e. The van der Waals surface area contributed by atoms with Crippen LogP contribution in [0.3, 0.4) is 0 Å². The van der Waals surface area contributed by atoms with E-state index in [1.807, 2.05) is 0 Å². The number of nitrogens with one attached hydrogen (secondary N) is 3. The topological polar surface area (TPSA) is 90.6 Å². The van der Waals surface area contributed by atoms with Crippen LogP contribution in [0.5, 0.6) is 0 Å². The van der Waals surface area contributed by atoms with Gasteiger partial charge in [-0.25, -0.2) is 9.89 Å². The van der Waals surface area contributed by atoms with Crippen LogP contribution in [-0.2, 0) is 0 Å². The second kappa shape index (κ2) is 4.26. The highest BCUT2D eigenvalue weighted by atomic mass is 16.2. The summed E-state index contributed by atoms with van der Waals surface area (Å²) >= 11 is 0. The Morgan fingerprint density at radius 2 is 2.17 bits per heavy atom. The van der Waals surface area contributed by atoms with Crippen LogP contribution in [0.1, 0.15) is 32.6 Å². The van der Waals surface area contributed by atoms with E-state index in [1.165, 1.54) is 25.7 Å². The lowest BCUT2D eigenvalue weighted by molar-refractivity contribution is 0.303. The first-order valence-electron chi connectivity index (χ1n) is 6.59. The van der Waals surface area contributed by atoms with Crippen molar-refractivity contribution in [1.82, 2.24) is 15.2 Å². The maximum atomic E-state index is 11.5. The van der Waals surface area contributed by atoms with Gasteiger partial charge in [-0.15, -0.1) is 5.10 Å². The molecule has 2 fully saturated rings. The Balaban J connectivity index is 1.72.